The molecule has 0 aliphatic carbocycles. The molecule has 2 rings (SSSR count). The van der Waals surface area contributed by atoms with Crippen LogP contribution in [0.15, 0.2) is 48.0 Å². The van der Waals surface area contributed by atoms with E-state index in [9.17, 15) is 9.59 Å². The van der Waals surface area contributed by atoms with E-state index in [4.69, 9.17) is 5.11 Å². The lowest BCUT2D eigenvalue weighted by Gasteiger charge is -2.16. The van der Waals surface area contributed by atoms with E-state index < -0.39 is 5.97 Å². The maximum Gasteiger partial charge on any atom is 0.331 e. The number of carbonyl (C=O) groups excluding carboxylic acids is 1. The van der Waals surface area contributed by atoms with Gasteiger partial charge in [0.05, 0.1) is 0 Å². The second-order valence-electron chi connectivity index (χ2n) is 7.24. The molecule has 136 valence electrons. The fraction of sp³-hybridized carbons (Fsp3) is 0.304. The molecule has 0 fully saturated rings. The number of aliphatic carboxylic acids is 1. The number of carboxylic acids is 1. The third-order valence-electron chi connectivity index (χ3n) is 4.50. The maximum atomic E-state index is 13.0. The van der Waals surface area contributed by atoms with Crippen molar-refractivity contribution in [2.24, 2.45) is 0 Å². The van der Waals surface area contributed by atoms with Crippen LogP contribution in [0.2, 0.25) is 0 Å². The van der Waals surface area contributed by atoms with Crippen LogP contribution >= 0.6 is 0 Å². The minimum absolute atomic E-state index is 0.00510. The average Bonchev–Trinajstić information content (AvgIpc) is 2.61. The highest BCUT2D eigenvalue weighted by Crippen LogP contribution is 2.27. The maximum absolute atomic E-state index is 13.0. The largest absolute Gasteiger partial charge is 0.478 e. The second kappa shape index (κ2) is 8.13. The predicted octanol–water partition coefficient (Wildman–Crippen LogP) is 5.65. The Hall–Kier alpha value is -2.68. The van der Waals surface area contributed by atoms with Crippen molar-refractivity contribution in [3.8, 4) is 0 Å². The summed E-state index contributed by atoms with van der Waals surface area (Å²) in [6.07, 6.45) is 1.59. The van der Waals surface area contributed by atoms with Gasteiger partial charge in [0.2, 0.25) is 0 Å². The summed E-state index contributed by atoms with van der Waals surface area (Å²) in [5.74, 6) is -0.278. The number of benzene rings is 2. The Morgan fingerprint density at radius 3 is 2.04 bits per heavy atom. The molecular weight excluding hydrogens is 324 g/mol. The molecule has 0 saturated heterocycles. The number of ketones is 1. The van der Waals surface area contributed by atoms with E-state index in [1.54, 1.807) is 37.3 Å². The summed E-state index contributed by atoms with van der Waals surface area (Å²) >= 11 is 0. The Morgan fingerprint density at radius 1 is 0.923 bits per heavy atom. The van der Waals surface area contributed by atoms with Gasteiger partial charge in [-0.25, -0.2) is 4.79 Å². The van der Waals surface area contributed by atoms with Crippen molar-refractivity contribution in [2.75, 3.05) is 0 Å². The van der Waals surface area contributed by atoms with Crippen LogP contribution < -0.4 is 0 Å². The van der Waals surface area contributed by atoms with Gasteiger partial charge in [-0.1, -0.05) is 70.2 Å². The fourth-order valence-electron chi connectivity index (χ4n) is 2.82. The predicted molar refractivity (Wildman–Crippen MR) is 106 cm³/mol. The third-order valence-corrected chi connectivity index (χ3v) is 4.50. The lowest BCUT2D eigenvalue weighted by molar-refractivity contribution is -0.132. The zero-order valence-electron chi connectivity index (χ0n) is 16.0. The summed E-state index contributed by atoms with van der Waals surface area (Å²) in [7, 11) is 0. The van der Waals surface area contributed by atoms with Gasteiger partial charge in [0, 0.05) is 16.7 Å². The van der Waals surface area contributed by atoms with Crippen molar-refractivity contribution < 1.29 is 14.7 Å². The summed E-state index contributed by atoms with van der Waals surface area (Å²) in [5, 5.41) is 8.96. The molecule has 26 heavy (non-hydrogen) atoms. The topological polar surface area (TPSA) is 54.4 Å². The van der Waals surface area contributed by atoms with Crippen LogP contribution in [0.25, 0.3) is 6.08 Å². The highest BCUT2D eigenvalue weighted by molar-refractivity contribution is 6.10. The Bertz CT molecular complexity index is 840. The summed E-state index contributed by atoms with van der Waals surface area (Å²) in [5.41, 5.74) is 4.65. The van der Waals surface area contributed by atoms with Gasteiger partial charge in [-0.3, -0.25) is 4.79 Å². The fourth-order valence-corrected chi connectivity index (χ4v) is 2.82. The SMILES string of the molecule is CC(=Cc1ccc(C(=O)c2ccc(C(C)C)cc2C(C)C)cc1)C(=O)O. The number of hydrogen-bond donors (Lipinski definition) is 1. The Balaban J connectivity index is 2.37. The van der Waals surface area contributed by atoms with E-state index >= 15 is 0 Å². The van der Waals surface area contributed by atoms with Crippen LogP contribution in [0.4, 0.5) is 0 Å². The van der Waals surface area contributed by atoms with E-state index in [-0.39, 0.29) is 17.3 Å². The van der Waals surface area contributed by atoms with E-state index in [0.717, 1.165) is 16.7 Å². The highest BCUT2D eigenvalue weighted by atomic mass is 16.4. The summed E-state index contributed by atoms with van der Waals surface area (Å²) in [6.45, 7) is 10.0. The van der Waals surface area contributed by atoms with Gasteiger partial charge in [0.15, 0.2) is 5.78 Å². The quantitative estimate of drug-likeness (QED) is 0.541. The standard InChI is InChI=1S/C23H26O3/c1-14(2)19-10-11-20(21(13-19)15(3)4)22(24)18-8-6-17(7-9-18)12-16(5)23(25)26/h6-15H,1-5H3,(H,25,26). The molecule has 0 unspecified atom stereocenters. The van der Waals surface area contributed by atoms with E-state index in [2.05, 4.69) is 33.8 Å². The van der Waals surface area contributed by atoms with Crippen molar-refractivity contribution in [3.05, 3.63) is 75.9 Å². The number of rotatable bonds is 6. The molecule has 0 spiro atoms. The first kappa shape index (κ1) is 19.6. The van der Waals surface area contributed by atoms with E-state index in [0.29, 0.717) is 11.5 Å². The zero-order chi connectivity index (χ0) is 19.4. The smallest absolute Gasteiger partial charge is 0.331 e. The minimum Gasteiger partial charge on any atom is -0.478 e. The molecule has 0 radical (unpaired) electrons. The van der Waals surface area contributed by atoms with Crippen LogP contribution in [0, 0.1) is 0 Å². The molecule has 2 aromatic rings. The molecule has 0 aliphatic heterocycles. The van der Waals surface area contributed by atoms with E-state index in [1.807, 2.05) is 12.1 Å². The van der Waals surface area contributed by atoms with Gasteiger partial charge in [-0.05, 0) is 41.5 Å². The second-order valence-corrected chi connectivity index (χ2v) is 7.24. The molecule has 2 aromatic carbocycles. The van der Waals surface area contributed by atoms with Gasteiger partial charge in [0.1, 0.15) is 0 Å². The normalized spacial score (nSPS) is 11.9. The van der Waals surface area contributed by atoms with Crippen LogP contribution in [-0.2, 0) is 4.79 Å². The Labute approximate surface area is 155 Å². The molecule has 1 N–H and O–H groups in total. The van der Waals surface area contributed by atoms with Crippen LogP contribution in [-0.4, -0.2) is 16.9 Å². The summed E-state index contributed by atoms with van der Waals surface area (Å²) in [6, 6.07) is 13.1. The lowest BCUT2D eigenvalue weighted by Crippen LogP contribution is -2.08. The molecule has 0 amide bonds. The van der Waals surface area contributed by atoms with Gasteiger partial charge in [-0.15, -0.1) is 0 Å². The molecule has 0 heterocycles. The van der Waals surface area contributed by atoms with Crippen LogP contribution in [0.1, 0.15) is 79.1 Å². The lowest BCUT2D eigenvalue weighted by atomic mass is 9.88. The summed E-state index contributed by atoms with van der Waals surface area (Å²) < 4.78 is 0. The molecule has 0 saturated carbocycles. The minimum atomic E-state index is -0.947. The Kier molecular flexibility index (Phi) is 6.14. The van der Waals surface area contributed by atoms with Crippen LogP contribution in [0.5, 0.6) is 0 Å². The van der Waals surface area contributed by atoms with Crippen molar-refractivity contribution in [3.63, 3.8) is 0 Å². The number of hydrogen-bond acceptors (Lipinski definition) is 2. The van der Waals surface area contributed by atoms with E-state index in [1.165, 1.54) is 5.56 Å². The molecular formula is C23H26O3. The third kappa shape index (κ3) is 4.48. The first-order valence-electron chi connectivity index (χ1n) is 8.91. The van der Waals surface area contributed by atoms with Gasteiger partial charge in [0.25, 0.3) is 0 Å². The molecule has 3 nitrogen and oxygen atoms in total. The van der Waals surface area contributed by atoms with Crippen molar-refractivity contribution in [1.82, 2.24) is 0 Å². The van der Waals surface area contributed by atoms with Gasteiger partial charge >= 0.3 is 5.97 Å². The van der Waals surface area contributed by atoms with Crippen molar-refractivity contribution >= 4 is 17.8 Å². The summed E-state index contributed by atoms with van der Waals surface area (Å²) in [4.78, 5) is 23.9. The number of carbonyl (C=O) groups is 2. The van der Waals surface area contributed by atoms with Gasteiger partial charge in [-0.2, -0.15) is 0 Å². The zero-order valence-corrected chi connectivity index (χ0v) is 16.0. The molecule has 0 atom stereocenters. The molecule has 0 bridgehead atoms. The highest BCUT2D eigenvalue weighted by Gasteiger charge is 2.17. The van der Waals surface area contributed by atoms with Crippen LogP contribution in [0.3, 0.4) is 0 Å². The molecule has 3 heteroatoms. The van der Waals surface area contributed by atoms with Crippen molar-refractivity contribution in [2.45, 2.75) is 46.5 Å². The Morgan fingerprint density at radius 2 is 1.54 bits per heavy atom. The van der Waals surface area contributed by atoms with Gasteiger partial charge < -0.3 is 5.11 Å². The molecule has 0 aliphatic rings. The first-order chi connectivity index (χ1) is 12.2. The molecule has 0 aromatic heterocycles. The van der Waals surface area contributed by atoms with Crippen molar-refractivity contribution in [1.29, 1.82) is 0 Å². The average molecular weight is 350 g/mol. The first-order valence-corrected chi connectivity index (χ1v) is 8.91. The number of carboxylic acid groups (broad SMARTS) is 1. The monoisotopic (exact) mass is 350 g/mol.